The van der Waals surface area contributed by atoms with Crippen molar-refractivity contribution in [1.29, 1.82) is 0 Å². The minimum absolute atomic E-state index is 0.0732. The number of aryl methyl sites for hydroxylation is 1. The van der Waals surface area contributed by atoms with Crippen molar-refractivity contribution in [2.24, 2.45) is 0 Å². The van der Waals surface area contributed by atoms with E-state index in [9.17, 15) is 9.59 Å². The molecule has 0 aliphatic rings. The number of carbonyl (C=O) groups excluding carboxylic acids is 1. The van der Waals surface area contributed by atoms with E-state index in [-0.39, 0.29) is 5.75 Å². The topological polar surface area (TPSA) is 91.1 Å². The largest absolute Gasteiger partial charge is 0.397 e. The molecule has 6 nitrogen and oxygen atoms in total. The zero-order valence-electron chi connectivity index (χ0n) is 9.62. The van der Waals surface area contributed by atoms with Crippen LogP contribution in [0, 0.1) is 6.92 Å². The molecular weight excluding hydrogens is 254 g/mol. The highest BCUT2D eigenvalue weighted by Crippen LogP contribution is 2.16. The molecule has 0 saturated heterocycles. The lowest BCUT2D eigenvalue weighted by atomic mass is 10.4. The third-order valence-corrected chi connectivity index (χ3v) is 3.02. The number of nitrogens with zero attached hydrogens (tertiary/aromatic N) is 2. The Bertz CT molecular complexity index is 615. The van der Waals surface area contributed by atoms with Gasteiger partial charge < -0.3 is 10.3 Å². The number of hydrogen-bond donors (Lipinski definition) is 1. The van der Waals surface area contributed by atoms with Crippen molar-refractivity contribution < 1.29 is 9.32 Å². The molecule has 0 unspecified atom stereocenters. The molecule has 0 aliphatic carbocycles. The third kappa shape index (κ3) is 2.80. The molecule has 2 aromatic rings. The second-order valence-corrected chi connectivity index (χ2v) is 4.59. The smallest absolute Gasteiger partial charge is 0.290 e. The number of thioether (sulfide) groups is 1. The average molecular weight is 265 g/mol. The first kappa shape index (κ1) is 12.4. The number of rotatable bonds is 3. The maximum absolute atomic E-state index is 11.7. The van der Waals surface area contributed by atoms with E-state index in [0.29, 0.717) is 16.5 Å². The van der Waals surface area contributed by atoms with Crippen LogP contribution in [-0.4, -0.2) is 21.4 Å². The highest BCUT2D eigenvalue weighted by atomic mass is 32.2. The molecule has 2 rings (SSSR count). The first-order valence-electron chi connectivity index (χ1n) is 5.14. The van der Waals surface area contributed by atoms with Gasteiger partial charge in [-0.05, 0) is 19.1 Å². The second-order valence-electron chi connectivity index (χ2n) is 3.59. The highest BCUT2D eigenvalue weighted by molar-refractivity contribution is 7.99. The molecule has 0 atom stereocenters. The number of carbonyl (C=O) groups is 1. The number of hydrogen-bond acceptors (Lipinski definition) is 6. The van der Waals surface area contributed by atoms with Gasteiger partial charge in [-0.1, -0.05) is 11.8 Å². The molecule has 0 radical (unpaired) electrons. The zero-order chi connectivity index (χ0) is 13.1. The lowest BCUT2D eigenvalue weighted by Crippen LogP contribution is -2.23. The van der Waals surface area contributed by atoms with Crippen LogP contribution in [0.25, 0.3) is 0 Å². The SMILES string of the molecule is Cc1cc(=O)n(C(=O)CSc2ccc(N)cn2)o1. The fourth-order valence-corrected chi connectivity index (χ4v) is 1.97. The van der Waals surface area contributed by atoms with Crippen LogP contribution in [0.5, 0.6) is 0 Å². The second kappa shape index (κ2) is 5.09. The fraction of sp³-hybridized carbons (Fsp3) is 0.182. The number of anilines is 1. The summed E-state index contributed by atoms with van der Waals surface area (Å²) in [7, 11) is 0. The Morgan fingerprint density at radius 3 is 2.89 bits per heavy atom. The predicted octanol–water partition coefficient (Wildman–Crippen LogP) is 1.16. The molecule has 0 aromatic carbocycles. The number of nitrogen functional groups attached to an aromatic ring is 1. The zero-order valence-corrected chi connectivity index (χ0v) is 10.4. The van der Waals surface area contributed by atoms with E-state index in [1.165, 1.54) is 24.0 Å². The molecule has 18 heavy (non-hydrogen) atoms. The van der Waals surface area contributed by atoms with Gasteiger partial charge in [-0.2, -0.15) is 0 Å². The Morgan fingerprint density at radius 1 is 1.56 bits per heavy atom. The van der Waals surface area contributed by atoms with Gasteiger partial charge in [0, 0.05) is 6.07 Å². The molecule has 2 N–H and O–H groups in total. The first-order valence-corrected chi connectivity index (χ1v) is 6.12. The molecular formula is C11H11N3O3S. The molecule has 2 aromatic heterocycles. The van der Waals surface area contributed by atoms with Gasteiger partial charge in [0.25, 0.3) is 11.5 Å². The third-order valence-electron chi connectivity index (χ3n) is 2.09. The molecule has 0 saturated carbocycles. The first-order chi connectivity index (χ1) is 8.56. The Balaban J connectivity index is 2.02. The van der Waals surface area contributed by atoms with E-state index in [1.54, 1.807) is 19.1 Å². The molecule has 0 bridgehead atoms. The van der Waals surface area contributed by atoms with Gasteiger partial charge in [-0.3, -0.25) is 9.59 Å². The fourth-order valence-electron chi connectivity index (χ4n) is 1.29. The van der Waals surface area contributed by atoms with E-state index in [2.05, 4.69) is 4.98 Å². The van der Waals surface area contributed by atoms with Crippen molar-refractivity contribution >= 4 is 23.4 Å². The van der Waals surface area contributed by atoms with Gasteiger partial charge in [0.05, 0.1) is 22.7 Å². The summed E-state index contributed by atoms with van der Waals surface area (Å²) in [6.07, 6.45) is 1.51. The maximum Gasteiger partial charge on any atom is 0.290 e. The molecule has 0 spiro atoms. The molecule has 0 fully saturated rings. The van der Waals surface area contributed by atoms with Gasteiger partial charge in [-0.25, -0.2) is 4.98 Å². The Labute approximate surface area is 107 Å². The number of aromatic nitrogens is 2. The van der Waals surface area contributed by atoms with Crippen molar-refractivity contribution in [3.8, 4) is 0 Å². The van der Waals surface area contributed by atoms with Gasteiger partial charge in [-0.15, -0.1) is 4.74 Å². The Hall–Kier alpha value is -2.02. The summed E-state index contributed by atoms with van der Waals surface area (Å²) < 4.78 is 5.73. The van der Waals surface area contributed by atoms with E-state index >= 15 is 0 Å². The summed E-state index contributed by atoms with van der Waals surface area (Å²) in [5.41, 5.74) is 5.60. The van der Waals surface area contributed by atoms with Crippen LogP contribution in [0.15, 0.2) is 38.7 Å². The highest BCUT2D eigenvalue weighted by Gasteiger charge is 2.12. The summed E-state index contributed by atoms with van der Waals surface area (Å²) >= 11 is 1.21. The normalized spacial score (nSPS) is 10.5. The van der Waals surface area contributed by atoms with Crippen LogP contribution in [0.4, 0.5) is 5.69 Å². The summed E-state index contributed by atoms with van der Waals surface area (Å²) in [5.74, 6) is 0.0599. The summed E-state index contributed by atoms with van der Waals surface area (Å²) in [6, 6.07) is 4.68. The summed E-state index contributed by atoms with van der Waals surface area (Å²) in [5, 5.41) is 0.661. The summed E-state index contributed by atoms with van der Waals surface area (Å²) in [4.78, 5) is 27.1. The van der Waals surface area contributed by atoms with Crippen LogP contribution in [0.3, 0.4) is 0 Å². The Kier molecular flexibility index (Phi) is 3.52. The van der Waals surface area contributed by atoms with E-state index in [1.807, 2.05) is 0 Å². The quantitative estimate of drug-likeness (QED) is 0.837. The van der Waals surface area contributed by atoms with Crippen molar-refractivity contribution in [3.63, 3.8) is 0 Å². The van der Waals surface area contributed by atoms with E-state index in [4.69, 9.17) is 10.3 Å². The molecule has 2 heterocycles. The Morgan fingerprint density at radius 2 is 2.33 bits per heavy atom. The van der Waals surface area contributed by atoms with Crippen LogP contribution in [-0.2, 0) is 0 Å². The summed E-state index contributed by atoms with van der Waals surface area (Å²) in [6.45, 7) is 1.61. The van der Waals surface area contributed by atoms with Gasteiger partial charge >= 0.3 is 0 Å². The standard InChI is InChI=1S/C11H11N3O3S/c1-7-4-10(15)14(17-7)11(16)6-18-9-3-2-8(12)5-13-9/h2-5H,6,12H2,1H3. The average Bonchev–Trinajstić information content (AvgIpc) is 2.67. The van der Waals surface area contributed by atoms with Crippen LogP contribution < -0.4 is 11.3 Å². The maximum atomic E-state index is 11.7. The predicted molar refractivity (Wildman–Crippen MR) is 67.7 cm³/mol. The van der Waals surface area contributed by atoms with Crippen LogP contribution >= 0.6 is 11.8 Å². The van der Waals surface area contributed by atoms with Crippen molar-refractivity contribution in [2.45, 2.75) is 11.9 Å². The minimum Gasteiger partial charge on any atom is -0.397 e. The van der Waals surface area contributed by atoms with E-state index in [0.717, 1.165) is 4.74 Å². The number of nitrogens with two attached hydrogens (primary N) is 1. The molecule has 0 aliphatic heterocycles. The number of pyridine rings is 1. The van der Waals surface area contributed by atoms with Crippen molar-refractivity contribution in [1.82, 2.24) is 9.72 Å². The van der Waals surface area contributed by atoms with Crippen molar-refractivity contribution in [3.05, 3.63) is 40.5 Å². The lowest BCUT2D eigenvalue weighted by Gasteiger charge is -2.00. The van der Waals surface area contributed by atoms with Crippen LogP contribution in [0.2, 0.25) is 0 Å². The van der Waals surface area contributed by atoms with E-state index < -0.39 is 11.5 Å². The molecule has 94 valence electrons. The molecule has 0 amide bonds. The van der Waals surface area contributed by atoms with Crippen LogP contribution in [0.1, 0.15) is 10.6 Å². The minimum atomic E-state index is -0.455. The van der Waals surface area contributed by atoms with Crippen molar-refractivity contribution in [2.75, 3.05) is 11.5 Å². The molecule has 7 heteroatoms. The van der Waals surface area contributed by atoms with Gasteiger partial charge in [0.15, 0.2) is 0 Å². The lowest BCUT2D eigenvalue weighted by molar-refractivity contribution is 0.0813. The van der Waals surface area contributed by atoms with Gasteiger partial charge in [0.1, 0.15) is 5.76 Å². The monoisotopic (exact) mass is 265 g/mol. The van der Waals surface area contributed by atoms with Gasteiger partial charge in [0.2, 0.25) is 0 Å².